The standard InChI is InChI=1S/C21H32O4.C2H6/c1-19-9-7-15-13(14(19)4-5-17(19)24-12-23-3)6-11-21-18(25-21)16(22)8-10-20(15,21)2;1-2/h13-15,17-18H,4-12H2,1-3H3;1-2H3. The Hall–Kier alpha value is -0.450. The van der Waals surface area contributed by atoms with Crippen molar-refractivity contribution in [2.75, 3.05) is 13.9 Å². The lowest BCUT2D eigenvalue weighted by Crippen LogP contribution is -2.58. The Balaban J connectivity index is 0.000000872. The summed E-state index contributed by atoms with van der Waals surface area (Å²) < 4.78 is 17.4. The largest absolute Gasteiger partial charge is 0.359 e. The molecule has 4 aliphatic carbocycles. The van der Waals surface area contributed by atoms with Gasteiger partial charge in [-0.15, -0.1) is 0 Å². The topological polar surface area (TPSA) is 48.1 Å². The minimum absolute atomic E-state index is 0.0677. The van der Waals surface area contributed by atoms with Crippen molar-refractivity contribution in [3.63, 3.8) is 0 Å². The highest BCUT2D eigenvalue weighted by Crippen LogP contribution is 2.72. The molecule has 0 aromatic carbocycles. The molecule has 1 spiro atoms. The molecular weight excluding hydrogens is 340 g/mol. The SMILES string of the molecule is CC.COCOC1CCC2C3CCC45OC4C(=O)CCC5(C)C3CCC12C. The number of rotatable bonds is 3. The van der Waals surface area contributed by atoms with Crippen molar-refractivity contribution in [3.05, 3.63) is 0 Å². The molecule has 0 N–H and O–H groups in total. The molecule has 4 saturated carbocycles. The molecule has 4 nitrogen and oxygen atoms in total. The van der Waals surface area contributed by atoms with Gasteiger partial charge >= 0.3 is 0 Å². The van der Waals surface area contributed by atoms with E-state index in [2.05, 4.69) is 13.8 Å². The molecule has 154 valence electrons. The Morgan fingerprint density at radius 3 is 2.56 bits per heavy atom. The fourth-order valence-electron chi connectivity index (χ4n) is 7.87. The first kappa shape index (κ1) is 19.8. The molecule has 27 heavy (non-hydrogen) atoms. The smallest absolute Gasteiger partial charge is 0.164 e. The lowest BCUT2D eigenvalue weighted by Gasteiger charge is -2.59. The van der Waals surface area contributed by atoms with Crippen LogP contribution in [0.5, 0.6) is 0 Å². The molecule has 1 saturated heterocycles. The fourth-order valence-corrected chi connectivity index (χ4v) is 7.87. The maximum absolute atomic E-state index is 12.2. The maximum Gasteiger partial charge on any atom is 0.164 e. The van der Waals surface area contributed by atoms with Gasteiger partial charge in [0, 0.05) is 18.9 Å². The molecule has 0 bridgehead atoms. The molecule has 8 unspecified atom stereocenters. The molecule has 5 fully saturated rings. The monoisotopic (exact) mass is 378 g/mol. The Labute approximate surface area is 164 Å². The van der Waals surface area contributed by atoms with Gasteiger partial charge in [0.1, 0.15) is 18.5 Å². The van der Waals surface area contributed by atoms with E-state index in [0.29, 0.717) is 24.1 Å². The molecule has 8 atom stereocenters. The van der Waals surface area contributed by atoms with E-state index in [4.69, 9.17) is 14.2 Å². The third-order valence-electron chi connectivity index (χ3n) is 9.25. The van der Waals surface area contributed by atoms with E-state index >= 15 is 0 Å². The number of hydrogen-bond donors (Lipinski definition) is 0. The number of ether oxygens (including phenoxy) is 3. The van der Waals surface area contributed by atoms with Crippen molar-refractivity contribution in [2.24, 2.45) is 28.6 Å². The third kappa shape index (κ3) is 2.55. The zero-order valence-corrected chi connectivity index (χ0v) is 17.9. The number of epoxide rings is 1. The highest BCUT2D eigenvalue weighted by molar-refractivity contribution is 5.88. The minimum Gasteiger partial charge on any atom is -0.359 e. The number of fused-ring (bicyclic) bond motifs is 4. The van der Waals surface area contributed by atoms with Gasteiger partial charge in [0.2, 0.25) is 0 Å². The van der Waals surface area contributed by atoms with Crippen LogP contribution in [0.2, 0.25) is 0 Å². The normalized spacial score (nSPS) is 52.6. The average Bonchev–Trinajstić information content (AvgIpc) is 3.34. The average molecular weight is 379 g/mol. The number of Topliss-reactive ketones (excluding diaryl/α,β-unsaturated/α-hetero) is 1. The van der Waals surface area contributed by atoms with Crippen LogP contribution in [0, 0.1) is 28.6 Å². The summed E-state index contributed by atoms with van der Waals surface area (Å²) in [6.07, 6.45) is 9.36. The second kappa shape index (κ2) is 6.81. The van der Waals surface area contributed by atoms with Gasteiger partial charge in [-0.25, -0.2) is 0 Å². The zero-order valence-electron chi connectivity index (χ0n) is 17.9. The summed E-state index contributed by atoms with van der Waals surface area (Å²) in [6.45, 7) is 9.33. The van der Waals surface area contributed by atoms with Crippen LogP contribution in [0.4, 0.5) is 0 Å². The lowest BCUT2D eigenvalue weighted by molar-refractivity contribution is -0.155. The summed E-state index contributed by atoms with van der Waals surface area (Å²) in [5, 5.41) is 0. The summed E-state index contributed by atoms with van der Waals surface area (Å²) in [5.41, 5.74) is 0.415. The Morgan fingerprint density at radius 1 is 1.04 bits per heavy atom. The summed E-state index contributed by atoms with van der Waals surface area (Å²) in [5.74, 6) is 2.63. The number of methoxy groups -OCH3 is 1. The number of ketones is 1. The van der Waals surface area contributed by atoms with E-state index < -0.39 is 0 Å². The highest BCUT2D eigenvalue weighted by Gasteiger charge is 2.76. The molecule has 4 heteroatoms. The Morgan fingerprint density at radius 2 is 1.81 bits per heavy atom. The van der Waals surface area contributed by atoms with Gasteiger partial charge in [0.05, 0.1) is 6.10 Å². The van der Waals surface area contributed by atoms with E-state index in [1.165, 1.54) is 32.1 Å². The summed E-state index contributed by atoms with van der Waals surface area (Å²) >= 11 is 0. The van der Waals surface area contributed by atoms with Crippen LogP contribution in [0.1, 0.15) is 79.1 Å². The van der Waals surface area contributed by atoms with Gasteiger partial charge in [0.15, 0.2) is 5.78 Å². The van der Waals surface area contributed by atoms with E-state index in [9.17, 15) is 4.79 Å². The Bertz CT molecular complexity index is 591. The summed E-state index contributed by atoms with van der Waals surface area (Å²) in [6, 6.07) is 0. The predicted octanol–water partition coefficient (Wildman–Crippen LogP) is 4.74. The van der Waals surface area contributed by atoms with Gasteiger partial charge in [-0.1, -0.05) is 27.7 Å². The van der Waals surface area contributed by atoms with E-state index in [-0.39, 0.29) is 17.1 Å². The molecule has 1 aliphatic heterocycles. The first-order valence-corrected chi connectivity index (χ1v) is 11.3. The van der Waals surface area contributed by atoms with Crippen LogP contribution in [-0.2, 0) is 19.0 Å². The maximum atomic E-state index is 12.2. The van der Waals surface area contributed by atoms with Gasteiger partial charge in [-0.2, -0.15) is 0 Å². The van der Waals surface area contributed by atoms with E-state index in [1.807, 2.05) is 13.8 Å². The molecule has 0 aromatic heterocycles. The van der Waals surface area contributed by atoms with Crippen LogP contribution in [0.3, 0.4) is 0 Å². The fraction of sp³-hybridized carbons (Fsp3) is 0.957. The molecule has 1 heterocycles. The highest BCUT2D eigenvalue weighted by atomic mass is 16.7. The van der Waals surface area contributed by atoms with Crippen LogP contribution in [0.25, 0.3) is 0 Å². The van der Waals surface area contributed by atoms with Crippen molar-refractivity contribution in [2.45, 2.75) is 96.9 Å². The van der Waals surface area contributed by atoms with Crippen molar-refractivity contribution in [1.82, 2.24) is 0 Å². The van der Waals surface area contributed by atoms with Crippen LogP contribution in [0.15, 0.2) is 0 Å². The summed E-state index contributed by atoms with van der Waals surface area (Å²) in [4.78, 5) is 12.2. The van der Waals surface area contributed by atoms with Crippen molar-refractivity contribution < 1.29 is 19.0 Å². The molecule has 5 aliphatic rings. The van der Waals surface area contributed by atoms with Gasteiger partial charge < -0.3 is 14.2 Å². The summed E-state index contributed by atoms with van der Waals surface area (Å²) in [7, 11) is 1.71. The van der Waals surface area contributed by atoms with Crippen molar-refractivity contribution in [3.8, 4) is 0 Å². The predicted molar refractivity (Wildman–Crippen MR) is 104 cm³/mol. The van der Waals surface area contributed by atoms with Gasteiger partial charge in [-0.3, -0.25) is 4.79 Å². The molecular formula is C23H38O4. The molecule has 0 aromatic rings. The van der Waals surface area contributed by atoms with E-state index in [1.54, 1.807) is 7.11 Å². The molecule has 5 rings (SSSR count). The lowest BCUT2D eigenvalue weighted by atomic mass is 9.45. The van der Waals surface area contributed by atoms with E-state index in [0.717, 1.165) is 37.0 Å². The number of carbonyl (C=O) groups excluding carboxylic acids is 1. The zero-order chi connectivity index (χ0) is 19.4. The molecule has 0 radical (unpaired) electrons. The van der Waals surface area contributed by atoms with Crippen molar-refractivity contribution >= 4 is 5.78 Å². The number of hydrogen-bond acceptors (Lipinski definition) is 4. The van der Waals surface area contributed by atoms with Crippen LogP contribution < -0.4 is 0 Å². The minimum atomic E-state index is -0.0954. The third-order valence-corrected chi connectivity index (χ3v) is 9.25. The van der Waals surface area contributed by atoms with Crippen LogP contribution >= 0.6 is 0 Å². The number of carbonyl (C=O) groups is 1. The second-order valence-electron chi connectivity index (χ2n) is 9.87. The van der Waals surface area contributed by atoms with Crippen molar-refractivity contribution in [1.29, 1.82) is 0 Å². The first-order chi connectivity index (χ1) is 13.0. The first-order valence-electron chi connectivity index (χ1n) is 11.3. The van der Waals surface area contributed by atoms with Gasteiger partial charge in [-0.05, 0) is 68.1 Å². The quantitative estimate of drug-likeness (QED) is 0.525. The Kier molecular flexibility index (Phi) is 5.01. The second-order valence-corrected chi connectivity index (χ2v) is 9.87. The van der Waals surface area contributed by atoms with Gasteiger partial charge in [0.25, 0.3) is 0 Å². The molecule has 0 amide bonds. The van der Waals surface area contributed by atoms with Crippen LogP contribution in [-0.4, -0.2) is 37.5 Å².